The van der Waals surface area contributed by atoms with Gasteiger partial charge in [0.05, 0.1) is 16.8 Å². The van der Waals surface area contributed by atoms with Crippen molar-refractivity contribution in [1.29, 1.82) is 0 Å². The monoisotopic (exact) mass is 518 g/mol. The number of fused-ring (bicyclic) bond motifs is 1. The number of aromatic nitrogens is 2. The molecule has 1 saturated heterocycles. The van der Waals surface area contributed by atoms with Crippen LogP contribution in [-0.2, 0) is 16.0 Å². The molecule has 0 saturated carbocycles. The van der Waals surface area contributed by atoms with Gasteiger partial charge in [0.15, 0.2) is 6.23 Å². The predicted octanol–water partition coefficient (Wildman–Crippen LogP) is 4.47. The zero-order valence-electron chi connectivity index (χ0n) is 21.9. The summed E-state index contributed by atoms with van der Waals surface area (Å²) < 4.78 is 47.5. The Labute approximate surface area is 215 Å². The fourth-order valence-corrected chi connectivity index (χ4v) is 6.00. The lowest BCUT2D eigenvalue weighted by Gasteiger charge is -2.48. The number of rotatable bonds is 6. The molecule has 200 valence electrons. The summed E-state index contributed by atoms with van der Waals surface area (Å²) in [5.41, 5.74) is -0.410. The third-order valence-corrected chi connectivity index (χ3v) is 8.09. The van der Waals surface area contributed by atoms with E-state index in [4.69, 9.17) is 4.74 Å². The average molecular weight is 519 g/mol. The van der Waals surface area contributed by atoms with E-state index in [1.807, 2.05) is 19.9 Å². The Morgan fingerprint density at radius 3 is 2.54 bits per heavy atom. The number of carbonyl (C=O) groups is 1. The van der Waals surface area contributed by atoms with E-state index in [1.165, 1.54) is 25.4 Å². The van der Waals surface area contributed by atoms with Crippen LogP contribution in [0.25, 0.3) is 6.08 Å². The molecule has 7 nitrogen and oxygen atoms in total. The summed E-state index contributed by atoms with van der Waals surface area (Å²) in [4.78, 5) is 24.6. The molecule has 1 fully saturated rings. The van der Waals surface area contributed by atoms with Gasteiger partial charge in [0.1, 0.15) is 23.6 Å². The highest BCUT2D eigenvalue weighted by Gasteiger charge is 2.59. The molecule has 1 N–H and O–H groups in total. The summed E-state index contributed by atoms with van der Waals surface area (Å²) in [6.45, 7) is 7.56. The third kappa shape index (κ3) is 4.20. The summed E-state index contributed by atoms with van der Waals surface area (Å²) in [7, 11) is 3.27. The highest BCUT2D eigenvalue weighted by Crippen LogP contribution is 2.49. The largest absolute Gasteiger partial charge is 0.371 e. The van der Waals surface area contributed by atoms with Crippen LogP contribution in [0, 0.1) is 5.82 Å². The van der Waals surface area contributed by atoms with E-state index in [0.717, 1.165) is 6.07 Å². The molecule has 3 heterocycles. The SMILES string of the molecule is COC1(C2=Cc3c(C[C@H](C)c4cccc(C(F)F)c4F)ncnc3N(C)C2O)CCN(C(C)=O)C1(C)C. The zero-order chi connectivity index (χ0) is 27.3. The van der Waals surface area contributed by atoms with E-state index in [2.05, 4.69) is 9.97 Å². The van der Waals surface area contributed by atoms with E-state index >= 15 is 0 Å². The van der Waals surface area contributed by atoms with Crippen molar-refractivity contribution in [3.63, 3.8) is 0 Å². The number of nitrogens with zero attached hydrogens (tertiary/aromatic N) is 4. The number of hydrogen-bond acceptors (Lipinski definition) is 6. The molecule has 0 bridgehead atoms. The second-order valence-corrected chi connectivity index (χ2v) is 10.3. The topological polar surface area (TPSA) is 78.8 Å². The Morgan fingerprint density at radius 2 is 1.95 bits per heavy atom. The van der Waals surface area contributed by atoms with Crippen LogP contribution >= 0.6 is 0 Å². The van der Waals surface area contributed by atoms with E-state index in [0.29, 0.717) is 35.6 Å². The minimum absolute atomic E-state index is 0.0884. The van der Waals surface area contributed by atoms with Gasteiger partial charge in [-0.25, -0.2) is 23.1 Å². The number of ether oxygens (including phenoxy) is 1. The quantitative estimate of drug-likeness (QED) is 0.608. The lowest BCUT2D eigenvalue weighted by Crippen LogP contribution is -2.60. The van der Waals surface area contributed by atoms with Crippen LogP contribution in [-0.4, -0.2) is 64.0 Å². The molecule has 0 radical (unpaired) electrons. The molecule has 1 aromatic heterocycles. The van der Waals surface area contributed by atoms with Crippen LogP contribution in [0.15, 0.2) is 30.1 Å². The molecule has 2 aliphatic heterocycles. The van der Waals surface area contributed by atoms with Gasteiger partial charge in [0.2, 0.25) is 5.91 Å². The Balaban J connectivity index is 1.79. The van der Waals surface area contributed by atoms with E-state index in [9.17, 15) is 23.1 Å². The number of aliphatic hydroxyl groups is 1. The van der Waals surface area contributed by atoms with Gasteiger partial charge in [-0.1, -0.05) is 25.1 Å². The molecule has 2 aromatic rings. The van der Waals surface area contributed by atoms with Crippen LogP contribution in [0.3, 0.4) is 0 Å². The lowest BCUT2D eigenvalue weighted by molar-refractivity contribution is -0.137. The van der Waals surface area contributed by atoms with Gasteiger partial charge in [-0.05, 0) is 37.8 Å². The maximum absolute atomic E-state index is 14.9. The first-order chi connectivity index (χ1) is 17.4. The van der Waals surface area contributed by atoms with Crippen LogP contribution in [0.2, 0.25) is 0 Å². The summed E-state index contributed by atoms with van der Waals surface area (Å²) in [6.07, 6.45) is -0.0627. The summed E-state index contributed by atoms with van der Waals surface area (Å²) in [5.74, 6) is -0.971. The molecule has 3 atom stereocenters. The predicted molar refractivity (Wildman–Crippen MR) is 134 cm³/mol. The summed E-state index contributed by atoms with van der Waals surface area (Å²) >= 11 is 0. The molecule has 0 spiro atoms. The normalized spacial score (nSPS) is 23.8. The maximum Gasteiger partial charge on any atom is 0.266 e. The second kappa shape index (κ2) is 9.72. The van der Waals surface area contributed by atoms with Crippen molar-refractivity contribution in [2.45, 2.75) is 70.2 Å². The van der Waals surface area contributed by atoms with Gasteiger partial charge in [-0.15, -0.1) is 0 Å². The minimum Gasteiger partial charge on any atom is -0.371 e. The molecule has 0 aliphatic carbocycles. The van der Waals surface area contributed by atoms with Crippen molar-refractivity contribution < 1.29 is 27.8 Å². The van der Waals surface area contributed by atoms with E-state index in [1.54, 1.807) is 30.9 Å². The maximum atomic E-state index is 14.9. The third-order valence-electron chi connectivity index (χ3n) is 8.09. The van der Waals surface area contributed by atoms with Gasteiger partial charge >= 0.3 is 0 Å². The standard InChI is InChI=1S/C27H33F3N4O3/c1-15(17-8-7-9-18(22(17)28)23(29)30)12-21-19-13-20(25(36)33(5)24(19)32-14-31-21)27(37-6)10-11-34(16(2)35)26(27,3)4/h7-9,13-15,23,25,36H,10-12H2,1-6H3/t15-,25?,27?/m0/s1. The number of methoxy groups -OCH3 is 1. The number of carbonyl (C=O) groups excluding carboxylic acids is 1. The summed E-state index contributed by atoms with van der Waals surface area (Å²) in [5, 5.41) is 11.4. The average Bonchev–Trinajstić information content (AvgIpc) is 3.12. The molecule has 37 heavy (non-hydrogen) atoms. The first-order valence-corrected chi connectivity index (χ1v) is 12.2. The fraction of sp³-hybridized carbons (Fsp3) is 0.519. The number of benzene rings is 1. The van der Waals surface area contributed by atoms with Crippen molar-refractivity contribution in [3.05, 3.63) is 58.3 Å². The van der Waals surface area contributed by atoms with Crippen molar-refractivity contribution in [2.75, 3.05) is 25.6 Å². The zero-order valence-corrected chi connectivity index (χ0v) is 21.9. The van der Waals surface area contributed by atoms with Crippen LogP contribution in [0.5, 0.6) is 0 Å². The molecular formula is C27H33F3N4O3. The van der Waals surface area contributed by atoms with Gasteiger partial charge in [0, 0.05) is 45.2 Å². The van der Waals surface area contributed by atoms with Crippen molar-refractivity contribution in [1.82, 2.24) is 14.9 Å². The van der Waals surface area contributed by atoms with Crippen molar-refractivity contribution >= 4 is 17.8 Å². The number of likely N-dealkylation sites (N-methyl/N-ethyl adjacent to an activating group) is 1. The Bertz CT molecular complexity index is 1240. The van der Waals surface area contributed by atoms with E-state index < -0.39 is 41.1 Å². The number of amides is 1. The van der Waals surface area contributed by atoms with Gasteiger partial charge < -0.3 is 19.6 Å². The first-order valence-electron chi connectivity index (χ1n) is 12.2. The smallest absolute Gasteiger partial charge is 0.266 e. The van der Waals surface area contributed by atoms with E-state index in [-0.39, 0.29) is 17.9 Å². The number of alkyl halides is 2. The Kier molecular flexibility index (Phi) is 7.11. The first kappa shape index (κ1) is 27.1. The fourth-order valence-electron chi connectivity index (χ4n) is 6.00. The van der Waals surface area contributed by atoms with Gasteiger partial charge in [-0.3, -0.25) is 4.79 Å². The summed E-state index contributed by atoms with van der Waals surface area (Å²) in [6, 6.07) is 4.03. The molecule has 1 aromatic carbocycles. The lowest BCUT2D eigenvalue weighted by atomic mass is 9.74. The van der Waals surface area contributed by atoms with Gasteiger partial charge in [-0.2, -0.15) is 0 Å². The number of halogens is 3. The molecule has 4 rings (SSSR count). The van der Waals surface area contributed by atoms with Crippen molar-refractivity contribution in [3.8, 4) is 0 Å². The highest BCUT2D eigenvalue weighted by molar-refractivity contribution is 5.77. The minimum atomic E-state index is -2.91. The molecule has 1 amide bonds. The van der Waals surface area contributed by atoms with Crippen LogP contribution in [0.1, 0.15) is 68.8 Å². The molecule has 10 heteroatoms. The van der Waals surface area contributed by atoms with Crippen molar-refractivity contribution in [2.24, 2.45) is 0 Å². The number of anilines is 1. The molecule has 2 aliphatic rings. The van der Waals surface area contributed by atoms with Gasteiger partial charge in [0.25, 0.3) is 6.43 Å². The Morgan fingerprint density at radius 1 is 1.27 bits per heavy atom. The van der Waals surface area contributed by atoms with Crippen LogP contribution < -0.4 is 4.90 Å². The number of aliphatic hydroxyl groups excluding tert-OH is 1. The number of hydrogen-bond donors (Lipinski definition) is 1. The highest BCUT2D eigenvalue weighted by atomic mass is 19.3. The number of likely N-dealkylation sites (tertiary alicyclic amines) is 1. The molecule has 2 unspecified atom stereocenters. The Hall–Kier alpha value is -2.98. The second-order valence-electron chi connectivity index (χ2n) is 10.3. The molecular weight excluding hydrogens is 485 g/mol. The van der Waals surface area contributed by atoms with Crippen LogP contribution in [0.4, 0.5) is 19.0 Å².